The third-order valence-corrected chi connectivity index (χ3v) is 3.47. The van der Waals surface area contributed by atoms with Gasteiger partial charge in [0.1, 0.15) is 17.3 Å². The average molecular weight is 355 g/mol. The fourth-order valence-corrected chi connectivity index (χ4v) is 2.28. The van der Waals surface area contributed by atoms with Crippen molar-refractivity contribution < 1.29 is 13.9 Å². The van der Waals surface area contributed by atoms with Gasteiger partial charge in [-0.3, -0.25) is 4.79 Å². The molecule has 0 atom stereocenters. The number of rotatable bonds is 6. The standard InChI is InChI=1S/C19H15ClN2O3/c20-15-6-4-5-14(11-15)18-10-9-17(25-18)12-21-22-19(23)13-24-16-7-2-1-3-8-16/h1-12H,13H2,(H,22,23)/b21-12+. The molecule has 3 aromatic rings. The fraction of sp³-hybridized carbons (Fsp3) is 0.0526. The van der Waals surface area contributed by atoms with Crippen molar-refractivity contribution in [1.29, 1.82) is 0 Å². The molecule has 25 heavy (non-hydrogen) atoms. The molecule has 0 fully saturated rings. The number of amides is 1. The van der Waals surface area contributed by atoms with Gasteiger partial charge in [-0.05, 0) is 36.4 Å². The molecule has 0 bridgehead atoms. The Morgan fingerprint density at radius 3 is 2.76 bits per heavy atom. The van der Waals surface area contributed by atoms with Gasteiger partial charge in [-0.2, -0.15) is 5.10 Å². The van der Waals surface area contributed by atoms with E-state index in [0.29, 0.717) is 22.3 Å². The number of furan rings is 1. The van der Waals surface area contributed by atoms with Crippen LogP contribution in [0.4, 0.5) is 0 Å². The number of hydrogen-bond donors (Lipinski definition) is 1. The van der Waals surface area contributed by atoms with Gasteiger partial charge in [0.25, 0.3) is 5.91 Å². The minimum absolute atomic E-state index is 0.118. The molecule has 0 radical (unpaired) electrons. The number of carbonyl (C=O) groups is 1. The highest BCUT2D eigenvalue weighted by Gasteiger charge is 2.04. The second-order valence-corrected chi connectivity index (χ2v) is 5.54. The molecule has 5 nitrogen and oxygen atoms in total. The minimum Gasteiger partial charge on any atom is -0.484 e. The Hall–Kier alpha value is -3.05. The molecule has 1 amide bonds. The molecule has 1 aromatic heterocycles. The molecule has 0 saturated carbocycles. The maximum absolute atomic E-state index is 11.7. The zero-order valence-electron chi connectivity index (χ0n) is 13.2. The number of para-hydroxylation sites is 1. The third-order valence-electron chi connectivity index (χ3n) is 3.23. The number of nitrogens with one attached hydrogen (secondary N) is 1. The highest BCUT2D eigenvalue weighted by Crippen LogP contribution is 2.24. The van der Waals surface area contributed by atoms with Crippen LogP contribution < -0.4 is 10.2 Å². The topological polar surface area (TPSA) is 63.8 Å². The third kappa shape index (κ3) is 4.96. The first-order valence-corrected chi connectivity index (χ1v) is 7.94. The number of ether oxygens (including phenoxy) is 1. The van der Waals surface area contributed by atoms with Gasteiger partial charge in [-0.25, -0.2) is 5.43 Å². The van der Waals surface area contributed by atoms with E-state index in [0.717, 1.165) is 5.56 Å². The van der Waals surface area contributed by atoms with Gasteiger partial charge >= 0.3 is 0 Å². The first kappa shape index (κ1) is 16.8. The summed E-state index contributed by atoms with van der Waals surface area (Å²) in [6, 6.07) is 20.0. The molecule has 1 N–H and O–H groups in total. The van der Waals surface area contributed by atoms with Gasteiger partial charge in [0.05, 0.1) is 6.21 Å². The van der Waals surface area contributed by atoms with E-state index in [9.17, 15) is 4.79 Å². The van der Waals surface area contributed by atoms with Gasteiger partial charge < -0.3 is 9.15 Å². The van der Waals surface area contributed by atoms with Crippen LogP contribution in [0.5, 0.6) is 5.75 Å². The van der Waals surface area contributed by atoms with Crippen LogP contribution in [0, 0.1) is 0 Å². The Morgan fingerprint density at radius 2 is 1.96 bits per heavy atom. The summed E-state index contributed by atoms with van der Waals surface area (Å²) in [5.74, 6) is 1.45. The van der Waals surface area contributed by atoms with E-state index in [1.165, 1.54) is 6.21 Å². The maximum Gasteiger partial charge on any atom is 0.277 e. The van der Waals surface area contributed by atoms with Gasteiger partial charge in [-0.1, -0.05) is 41.9 Å². The van der Waals surface area contributed by atoms with Crippen LogP contribution in [-0.4, -0.2) is 18.7 Å². The lowest BCUT2D eigenvalue weighted by molar-refractivity contribution is -0.123. The number of carbonyl (C=O) groups excluding carboxylic acids is 1. The summed E-state index contributed by atoms with van der Waals surface area (Å²) in [6.45, 7) is -0.118. The van der Waals surface area contributed by atoms with Crippen molar-refractivity contribution in [3.05, 3.63) is 77.5 Å². The van der Waals surface area contributed by atoms with Crippen LogP contribution >= 0.6 is 11.6 Å². The molecule has 0 unspecified atom stereocenters. The van der Waals surface area contributed by atoms with Crippen molar-refractivity contribution >= 4 is 23.7 Å². The van der Waals surface area contributed by atoms with Crippen LogP contribution in [0.15, 0.2) is 76.2 Å². The highest BCUT2D eigenvalue weighted by molar-refractivity contribution is 6.30. The molecule has 1 heterocycles. The Kier molecular flexibility index (Phi) is 5.49. The Morgan fingerprint density at radius 1 is 1.12 bits per heavy atom. The summed E-state index contributed by atoms with van der Waals surface area (Å²) in [4.78, 5) is 11.7. The highest BCUT2D eigenvalue weighted by atomic mass is 35.5. The smallest absolute Gasteiger partial charge is 0.277 e. The quantitative estimate of drug-likeness (QED) is 0.534. The normalized spacial score (nSPS) is 10.8. The summed E-state index contributed by atoms with van der Waals surface area (Å²) < 4.78 is 11.0. The van der Waals surface area contributed by atoms with E-state index >= 15 is 0 Å². The van der Waals surface area contributed by atoms with Crippen molar-refractivity contribution in [2.75, 3.05) is 6.61 Å². The van der Waals surface area contributed by atoms with E-state index in [4.69, 9.17) is 20.8 Å². The first-order valence-electron chi connectivity index (χ1n) is 7.56. The summed E-state index contributed by atoms with van der Waals surface area (Å²) in [7, 11) is 0. The molecule has 6 heteroatoms. The van der Waals surface area contributed by atoms with Crippen LogP contribution in [0.3, 0.4) is 0 Å². The summed E-state index contributed by atoms with van der Waals surface area (Å²) >= 11 is 5.97. The summed E-state index contributed by atoms with van der Waals surface area (Å²) in [6.07, 6.45) is 1.43. The van der Waals surface area contributed by atoms with Crippen molar-refractivity contribution in [2.24, 2.45) is 5.10 Å². The fourth-order valence-electron chi connectivity index (χ4n) is 2.08. The molecule has 0 aliphatic rings. The van der Waals surface area contributed by atoms with E-state index in [-0.39, 0.29) is 12.5 Å². The van der Waals surface area contributed by atoms with Gasteiger partial charge in [-0.15, -0.1) is 0 Å². The zero-order chi connectivity index (χ0) is 17.5. The van der Waals surface area contributed by atoms with E-state index in [2.05, 4.69) is 10.5 Å². The second kappa shape index (κ2) is 8.17. The zero-order valence-corrected chi connectivity index (χ0v) is 13.9. The summed E-state index contributed by atoms with van der Waals surface area (Å²) in [5, 5.41) is 4.49. The Balaban J connectivity index is 1.51. The number of nitrogens with zero attached hydrogens (tertiary/aromatic N) is 1. The van der Waals surface area contributed by atoms with Gasteiger partial charge in [0.15, 0.2) is 6.61 Å². The largest absolute Gasteiger partial charge is 0.484 e. The lowest BCUT2D eigenvalue weighted by Gasteiger charge is -2.03. The van der Waals surface area contributed by atoms with Crippen molar-refractivity contribution in [2.45, 2.75) is 0 Å². The number of benzene rings is 2. The maximum atomic E-state index is 11.7. The van der Waals surface area contributed by atoms with E-state index in [1.807, 2.05) is 42.5 Å². The molecule has 0 saturated heterocycles. The molecular weight excluding hydrogens is 340 g/mol. The minimum atomic E-state index is -0.360. The van der Waals surface area contributed by atoms with Crippen molar-refractivity contribution in [3.8, 4) is 17.1 Å². The predicted octanol–water partition coefficient (Wildman–Crippen LogP) is 4.13. The van der Waals surface area contributed by atoms with E-state index < -0.39 is 0 Å². The van der Waals surface area contributed by atoms with Gasteiger partial charge in [0.2, 0.25) is 0 Å². The van der Waals surface area contributed by atoms with E-state index in [1.54, 1.807) is 24.3 Å². The number of hydrogen-bond acceptors (Lipinski definition) is 4. The number of halogens is 1. The predicted molar refractivity (Wildman–Crippen MR) is 96.8 cm³/mol. The SMILES string of the molecule is O=C(COc1ccccc1)N/N=C/c1ccc(-c2cccc(Cl)c2)o1. The van der Waals surface area contributed by atoms with Crippen molar-refractivity contribution in [3.63, 3.8) is 0 Å². The monoisotopic (exact) mass is 354 g/mol. The Bertz CT molecular complexity index is 875. The van der Waals surface area contributed by atoms with Crippen LogP contribution in [0.25, 0.3) is 11.3 Å². The van der Waals surface area contributed by atoms with Crippen LogP contribution in [-0.2, 0) is 4.79 Å². The van der Waals surface area contributed by atoms with Crippen molar-refractivity contribution in [1.82, 2.24) is 5.43 Å². The average Bonchev–Trinajstić information content (AvgIpc) is 3.10. The van der Waals surface area contributed by atoms with Crippen LogP contribution in [0.1, 0.15) is 5.76 Å². The second-order valence-electron chi connectivity index (χ2n) is 5.11. The molecule has 126 valence electrons. The first-order chi connectivity index (χ1) is 12.2. The molecule has 0 aliphatic heterocycles. The molecular formula is C19H15ClN2O3. The van der Waals surface area contributed by atoms with Gasteiger partial charge in [0, 0.05) is 10.6 Å². The number of hydrazone groups is 1. The lowest BCUT2D eigenvalue weighted by Crippen LogP contribution is -2.24. The van der Waals surface area contributed by atoms with Crippen LogP contribution in [0.2, 0.25) is 5.02 Å². The molecule has 2 aromatic carbocycles. The molecule has 0 spiro atoms. The lowest BCUT2D eigenvalue weighted by atomic mass is 10.2. The molecule has 3 rings (SSSR count). The molecule has 0 aliphatic carbocycles. The summed E-state index contributed by atoms with van der Waals surface area (Å²) in [5.41, 5.74) is 3.25. The Labute approximate surface area is 149 Å².